The molecule has 1 fully saturated rings. The van der Waals surface area contributed by atoms with Crippen LogP contribution >= 0.6 is 0 Å². The van der Waals surface area contributed by atoms with Crippen LogP contribution in [-0.2, 0) is 5.60 Å². The second-order valence-corrected chi connectivity index (χ2v) is 6.88. The van der Waals surface area contributed by atoms with E-state index < -0.39 is 5.60 Å². The Balaban J connectivity index is 1.65. The van der Waals surface area contributed by atoms with Crippen LogP contribution in [0, 0.1) is 0 Å². The van der Waals surface area contributed by atoms with Gasteiger partial charge in [-0.3, -0.25) is 0 Å². The SMILES string of the molecule is CCNC(=NCC(C)(O)c1ccco1)N1CCN(c2ccccc2O)CC1. The van der Waals surface area contributed by atoms with Crippen LogP contribution in [-0.4, -0.2) is 60.3 Å². The molecule has 0 radical (unpaired) electrons. The summed E-state index contributed by atoms with van der Waals surface area (Å²) in [6, 6.07) is 10.9. The zero-order valence-electron chi connectivity index (χ0n) is 15.9. The fourth-order valence-corrected chi connectivity index (χ4v) is 3.21. The van der Waals surface area contributed by atoms with Crippen LogP contribution in [0.4, 0.5) is 5.69 Å². The summed E-state index contributed by atoms with van der Waals surface area (Å²) < 4.78 is 5.33. The Labute approximate surface area is 159 Å². The molecule has 27 heavy (non-hydrogen) atoms. The molecule has 7 nitrogen and oxygen atoms in total. The van der Waals surface area contributed by atoms with E-state index >= 15 is 0 Å². The first kappa shape index (κ1) is 19.1. The number of guanidine groups is 1. The highest BCUT2D eigenvalue weighted by atomic mass is 16.4. The van der Waals surface area contributed by atoms with Gasteiger partial charge in [0.1, 0.15) is 17.1 Å². The number of hydrogen-bond donors (Lipinski definition) is 3. The lowest BCUT2D eigenvalue weighted by Crippen LogP contribution is -2.52. The lowest BCUT2D eigenvalue weighted by Gasteiger charge is -2.38. The Morgan fingerprint density at radius 3 is 2.56 bits per heavy atom. The predicted octanol–water partition coefficient (Wildman–Crippen LogP) is 1.98. The summed E-state index contributed by atoms with van der Waals surface area (Å²) in [5.41, 5.74) is -0.290. The largest absolute Gasteiger partial charge is 0.506 e. The minimum absolute atomic E-state index is 0.211. The Bertz CT molecular complexity index is 750. The van der Waals surface area contributed by atoms with Crippen molar-refractivity contribution in [3.05, 3.63) is 48.4 Å². The highest BCUT2D eigenvalue weighted by Crippen LogP contribution is 2.27. The van der Waals surface area contributed by atoms with Gasteiger partial charge in [0, 0.05) is 32.7 Å². The number of nitrogens with one attached hydrogen (secondary N) is 1. The summed E-state index contributed by atoms with van der Waals surface area (Å²) >= 11 is 0. The molecule has 2 heterocycles. The van der Waals surface area contributed by atoms with Gasteiger partial charge in [-0.2, -0.15) is 0 Å². The molecule has 1 aliphatic heterocycles. The number of phenols is 1. The van der Waals surface area contributed by atoms with E-state index in [0.717, 1.165) is 44.4 Å². The van der Waals surface area contributed by atoms with E-state index in [0.29, 0.717) is 11.5 Å². The third kappa shape index (κ3) is 4.54. The fourth-order valence-electron chi connectivity index (χ4n) is 3.21. The van der Waals surface area contributed by atoms with Crippen LogP contribution in [0.25, 0.3) is 0 Å². The van der Waals surface area contributed by atoms with Gasteiger partial charge in [-0.25, -0.2) is 4.99 Å². The van der Waals surface area contributed by atoms with E-state index in [-0.39, 0.29) is 6.54 Å². The van der Waals surface area contributed by atoms with Crippen LogP contribution in [0.1, 0.15) is 19.6 Å². The topological polar surface area (TPSA) is 84.5 Å². The molecule has 3 rings (SSSR count). The molecule has 146 valence electrons. The van der Waals surface area contributed by atoms with Gasteiger partial charge in [0.2, 0.25) is 0 Å². The highest BCUT2D eigenvalue weighted by molar-refractivity contribution is 5.80. The molecule has 1 aromatic heterocycles. The van der Waals surface area contributed by atoms with Crippen molar-refractivity contribution in [3.63, 3.8) is 0 Å². The van der Waals surface area contributed by atoms with E-state index in [1.54, 1.807) is 31.4 Å². The Morgan fingerprint density at radius 2 is 1.93 bits per heavy atom. The van der Waals surface area contributed by atoms with Crippen LogP contribution in [0.3, 0.4) is 0 Å². The third-order valence-corrected chi connectivity index (χ3v) is 4.73. The van der Waals surface area contributed by atoms with Crippen molar-refractivity contribution in [2.24, 2.45) is 4.99 Å². The summed E-state index contributed by atoms with van der Waals surface area (Å²) in [5, 5.41) is 24.0. The average molecular weight is 372 g/mol. The number of para-hydroxylation sites is 2. The van der Waals surface area contributed by atoms with E-state index in [9.17, 15) is 10.2 Å². The van der Waals surface area contributed by atoms with Crippen molar-refractivity contribution in [1.82, 2.24) is 10.2 Å². The van der Waals surface area contributed by atoms with E-state index in [1.807, 2.05) is 25.1 Å². The number of rotatable bonds is 5. The van der Waals surface area contributed by atoms with Gasteiger partial charge in [-0.1, -0.05) is 12.1 Å². The third-order valence-electron chi connectivity index (χ3n) is 4.73. The van der Waals surface area contributed by atoms with Crippen molar-refractivity contribution >= 4 is 11.6 Å². The Kier molecular flexibility index (Phi) is 5.91. The summed E-state index contributed by atoms with van der Waals surface area (Å²) in [7, 11) is 0. The molecular formula is C20H28N4O3. The number of aliphatic hydroxyl groups is 1. The quantitative estimate of drug-likeness (QED) is 0.550. The van der Waals surface area contributed by atoms with Gasteiger partial charge < -0.3 is 29.7 Å². The molecule has 1 aromatic carbocycles. The van der Waals surface area contributed by atoms with Gasteiger partial charge >= 0.3 is 0 Å². The molecule has 1 atom stereocenters. The van der Waals surface area contributed by atoms with Crippen molar-refractivity contribution in [2.75, 3.05) is 44.2 Å². The minimum atomic E-state index is -1.15. The Hall–Kier alpha value is -2.67. The standard InChI is InChI=1S/C20H28N4O3/c1-3-21-19(22-15-20(2,26)18-9-6-14-27-18)24-12-10-23(11-13-24)16-7-4-5-8-17(16)25/h4-9,14,25-26H,3,10-13,15H2,1-2H3,(H,21,22). The second kappa shape index (κ2) is 8.35. The molecule has 3 N–H and O–H groups in total. The number of aromatic hydroxyl groups is 1. The molecule has 1 aliphatic rings. The monoisotopic (exact) mass is 372 g/mol. The molecule has 0 amide bonds. The number of nitrogens with zero attached hydrogens (tertiary/aromatic N) is 3. The number of furan rings is 1. The maximum Gasteiger partial charge on any atom is 0.194 e. The lowest BCUT2D eigenvalue weighted by atomic mass is 10.0. The predicted molar refractivity (Wildman–Crippen MR) is 106 cm³/mol. The van der Waals surface area contributed by atoms with Crippen molar-refractivity contribution in [1.29, 1.82) is 0 Å². The number of aliphatic imine (C=N–C) groups is 1. The molecule has 0 aliphatic carbocycles. The van der Waals surface area contributed by atoms with E-state index in [4.69, 9.17) is 4.42 Å². The number of phenolic OH excluding ortho intramolecular Hbond substituents is 1. The summed E-state index contributed by atoms with van der Waals surface area (Å²) in [6.45, 7) is 7.83. The lowest BCUT2D eigenvalue weighted by molar-refractivity contribution is 0.0434. The van der Waals surface area contributed by atoms with Crippen molar-refractivity contribution in [3.8, 4) is 5.75 Å². The maximum atomic E-state index is 10.6. The number of benzene rings is 1. The van der Waals surface area contributed by atoms with Gasteiger partial charge in [-0.05, 0) is 38.1 Å². The van der Waals surface area contributed by atoms with Crippen LogP contribution < -0.4 is 10.2 Å². The zero-order valence-corrected chi connectivity index (χ0v) is 15.9. The van der Waals surface area contributed by atoms with Gasteiger partial charge in [0.25, 0.3) is 0 Å². The average Bonchev–Trinajstić information content (AvgIpc) is 3.22. The highest BCUT2D eigenvalue weighted by Gasteiger charge is 2.27. The summed E-state index contributed by atoms with van der Waals surface area (Å²) in [4.78, 5) is 8.99. The number of piperazine rings is 1. The number of hydrogen-bond acceptors (Lipinski definition) is 5. The van der Waals surface area contributed by atoms with Gasteiger partial charge in [-0.15, -0.1) is 0 Å². The molecule has 1 unspecified atom stereocenters. The minimum Gasteiger partial charge on any atom is -0.506 e. The summed E-state index contributed by atoms with van der Waals surface area (Å²) in [6.07, 6.45) is 1.55. The maximum absolute atomic E-state index is 10.6. The molecule has 1 saturated heterocycles. The number of anilines is 1. The zero-order chi connectivity index (χ0) is 19.3. The molecular weight excluding hydrogens is 344 g/mol. The molecule has 2 aromatic rings. The molecule has 0 saturated carbocycles. The molecule has 0 spiro atoms. The first-order valence-corrected chi connectivity index (χ1v) is 9.34. The fraction of sp³-hybridized carbons (Fsp3) is 0.450. The van der Waals surface area contributed by atoms with Gasteiger partial charge in [0.15, 0.2) is 5.96 Å². The second-order valence-electron chi connectivity index (χ2n) is 6.88. The normalized spacial score (nSPS) is 17.7. The Morgan fingerprint density at radius 1 is 1.19 bits per heavy atom. The molecule has 0 bridgehead atoms. The first-order chi connectivity index (χ1) is 13.0. The van der Waals surface area contributed by atoms with Crippen molar-refractivity contribution in [2.45, 2.75) is 19.4 Å². The van der Waals surface area contributed by atoms with E-state index in [1.165, 1.54) is 0 Å². The van der Waals surface area contributed by atoms with Crippen molar-refractivity contribution < 1.29 is 14.6 Å². The van der Waals surface area contributed by atoms with E-state index in [2.05, 4.69) is 20.1 Å². The van der Waals surface area contributed by atoms with Crippen LogP contribution in [0.15, 0.2) is 52.1 Å². The van der Waals surface area contributed by atoms with Crippen LogP contribution in [0.5, 0.6) is 5.75 Å². The molecule has 7 heteroatoms. The summed E-state index contributed by atoms with van der Waals surface area (Å²) in [5.74, 6) is 1.59. The van der Waals surface area contributed by atoms with Gasteiger partial charge in [0.05, 0.1) is 18.5 Å². The van der Waals surface area contributed by atoms with Crippen LogP contribution in [0.2, 0.25) is 0 Å². The smallest absolute Gasteiger partial charge is 0.194 e. The first-order valence-electron chi connectivity index (χ1n) is 9.34.